The van der Waals surface area contributed by atoms with Crippen LogP contribution in [0.1, 0.15) is 21.7 Å². The second kappa shape index (κ2) is 8.06. The zero-order valence-electron chi connectivity index (χ0n) is 13.7. The van der Waals surface area contributed by atoms with Crippen molar-refractivity contribution in [1.82, 2.24) is 14.8 Å². The number of aromatic nitrogens is 3. The van der Waals surface area contributed by atoms with Crippen LogP contribution in [-0.4, -0.2) is 39.0 Å². The molecule has 1 N–H and O–H groups in total. The maximum atomic E-state index is 12.5. The Bertz CT molecular complexity index is 795. The number of rotatable bonds is 6. The summed E-state index contributed by atoms with van der Waals surface area (Å²) < 4.78 is 31.5. The standard InChI is InChI=1S/C15H16F2N4O3S/c1-8-12(9(2)21(3)20-8)19-11(22)7-24-14(23)10-5-4-6-18-13(10)25-15(16)17/h4-6,15H,7H2,1-3H3,(H,19,22). The maximum Gasteiger partial charge on any atom is 0.341 e. The number of halogens is 2. The van der Waals surface area contributed by atoms with Crippen molar-refractivity contribution in [2.75, 3.05) is 11.9 Å². The van der Waals surface area contributed by atoms with Gasteiger partial charge in [-0.25, -0.2) is 9.78 Å². The summed E-state index contributed by atoms with van der Waals surface area (Å²) in [5, 5.41) is 6.62. The highest BCUT2D eigenvalue weighted by atomic mass is 32.2. The third-order valence-corrected chi connectivity index (χ3v) is 4.03. The molecule has 0 aromatic carbocycles. The Balaban J connectivity index is 1.99. The normalized spacial score (nSPS) is 10.8. The van der Waals surface area contributed by atoms with E-state index < -0.39 is 24.2 Å². The van der Waals surface area contributed by atoms with Gasteiger partial charge in [-0.3, -0.25) is 9.48 Å². The summed E-state index contributed by atoms with van der Waals surface area (Å²) in [6, 6.07) is 2.74. The Hall–Kier alpha value is -2.49. The van der Waals surface area contributed by atoms with E-state index in [1.165, 1.54) is 18.3 Å². The van der Waals surface area contributed by atoms with Crippen LogP contribution in [0.25, 0.3) is 0 Å². The third kappa shape index (κ3) is 4.75. The Kier molecular flexibility index (Phi) is 6.07. The number of nitrogens with one attached hydrogen (secondary N) is 1. The fraction of sp³-hybridized carbons (Fsp3) is 0.333. The molecular formula is C15H16F2N4O3S. The van der Waals surface area contributed by atoms with Crippen molar-refractivity contribution in [1.29, 1.82) is 0 Å². The van der Waals surface area contributed by atoms with Crippen LogP contribution >= 0.6 is 11.8 Å². The monoisotopic (exact) mass is 370 g/mol. The zero-order valence-corrected chi connectivity index (χ0v) is 14.6. The highest BCUT2D eigenvalue weighted by Gasteiger charge is 2.19. The van der Waals surface area contributed by atoms with E-state index in [1.54, 1.807) is 25.6 Å². The van der Waals surface area contributed by atoms with Crippen LogP contribution in [0.4, 0.5) is 14.5 Å². The second-order valence-electron chi connectivity index (χ2n) is 5.03. The van der Waals surface area contributed by atoms with Crippen molar-refractivity contribution in [3.8, 4) is 0 Å². The summed E-state index contributed by atoms with van der Waals surface area (Å²) in [6.07, 6.45) is 1.29. The number of amides is 1. The number of hydrogen-bond acceptors (Lipinski definition) is 6. The molecule has 2 heterocycles. The summed E-state index contributed by atoms with van der Waals surface area (Å²) >= 11 is 0.140. The van der Waals surface area contributed by atoms with Gasteiger partial charge in [0, 0.05) is 13.2 Å². The van der Waals surface area contributed by atoms with E-state index in [-0.39, 0.29) is 22.4 Å². The largest absolute Gasteiger partial charge is 0.452 e. The van der Waals surface area contributed by atoms with E-state index in [0.29, 0.717) is 11.4 Å². The predicted octanol–water partition coefficient (Wildman–Crippen LogP) is 2.54. The molecule has 0 spiro atoms. The number of hydrogen-bond donors (Lipinski definition) is 1. The van der Waals surface area contributed by atoms with Crippen LogP contribution < -0.4 is 5.32 Å². The molecule has 25 heavy (non-hydrogen) atoms. The van der Waals surface area contributed by atoms with Crippen LogP contribution in [-0.2, 0) is 16.6 Å². The van der Waals surface area contributed by atoms with E-state index in [2.05, 4.69) is 15.4 Å². The van der Waals surface area contributed by atoms with E-state index in [4.69, 9.17) is 4.74 Å². The number of carbonyl (C=O) groups is 2. The van der Waals surface area contributed by atoms with Gasteiger partial charge in [-0.15, -0.1) is 0 Å². The number of thioether (sulfide) groups is 1. The first kappa shape index (κ1) is 18.8. The summed E-state index contributed by atoms with van der Waals surface area (Å²) in [5.74, 6) is -4.17. The lowest BCUT2D eigenvalue weighted by Crippen LogP contribution is -2.22. The van der Waals surface area contributed by atoms with E-state index in [0.717, 1.165) is 5.69 Å². The van der Waals surface area contributed by atoms with Crippen molar-refractivity contribution in [3.05, 3.63) is 35.3 Å². The topological polar surface area (TPSA) is 86.1 Å². The molecule has 2 aromatic heterocycles. The quantitative estimate of drug-likeness (QED) is 0.621. The minimum Gasteiger partial charge on any atom is -0.452 e. The van der Waals surface area contributed by atoms with E-state index in [1.807, 2.05) is 0 Å². The fourth-order valence-corrected chi connectivity index (χ4v) is 2.63. The predicted molar refractivity (Wildman–Crippen MR) is 87.7 cm³/mol. The molecule has 0 fully saturated rings. The molecule has 2 rings (SSSR count). The molecule has 10 heteroatoms. The maximum absolute atomic E-state index is 12.5. The highest BCUT2D eigenvalue weighted by Crippen LogP contribution is 2.26. The molecule has 0 bridgehead atoms. The number of ether oxygens (including phenoxy) is 1. The number of esters is 1. The Labute approximate surface area is 146 Å². The number of nitrogens with zero attached hydrogens (tertiary/aromatic N) is 3. The minimum absolute atomic E-state index is 0.116. The van der Waals surface area contributed by atoms with Gasteiger partial charge >= 0.3 is 5.97 Å². The van der Waals surface area contributed by atoms with Crippen molar-refractivity contribution in [2.24, 2.45) is 7.05 Å². The second-order valence-corrected chi connectivity index (χ2v) is 6.01. The molecule has 134 valence electrons. The van der Waals surface area contributed by atoms with Crippen LogP contribution in [0.3, 0.4) is 0 Å². The van der Waals surface area contributed by atoms with Crippen LogP contribution in [0.5, 0.6) is 0 Å². The summed E-state index contributed by atoms with van der Waals surface area (Å²) in [6.45, 7) is 2.96. The van der Waals surface area contributed by atoms with Gasteiger partial charge in [0.1, 0.15) is 5.03 Å². The molecule has 0 radical (unpaired) electrons. The molecule has 1 amide bonds. The molecule has 2 aromatic rings. The van der Waals surface area contributed by atoms with Crippen molar-refractivity contribution in [2.45, 2.75) is 24.6 Å². The lowest BCUT2D eigenvalue weighted by molar-refractivity contribution is -0.119. The van der Waals surface area contributed by atoms with Crippen molar-refractivity contribution < 1.29 is 23.1 Å². The van der Waals surface area contributed by atoms with Crippen LogP contribution in [0.15, 0.2) is 23.4 Å². The average molecular weight is 370 g/mol. The van der Waals surface area contributed by atoms with Gasteiger partial charge < -0.3 is 10.1 Å². The summed E-state index contributed by atoms with van der Waals surface area (Å²) in [5.41, 5.74) is 1.80. The Morgan fingerprint density at radius 3 is 2.72 bits per heavy atom. The third-order valence-electron chi connectivity index (χ3n) is 3.30. The van der Waals surface area contributed by atoms with Gasteiger partial charge in [0.25, 0.3) is 11.7 Å². The molecule has 0 saturated carbocycles. The highest BCUT2D eigenvalue weighted by molar-refractivity contribution is 7.99. The van der Waals surface area contributed by atoms with Gasteiger partial charge in [0.05, 0.1) is 22.6 Å². The molecular weight excluding hydrogens is 354 g/mol. The molecule has 0 atom stereocenters. The number of alkyl halides is 2. The van der Waals surface area contributed by atoms with Crippen LogP contribution in [0, 0.1) is 13.8 Å². The lowest BCUT2D eigenvalue weighted by atomic mass is 10.3. The Morgan fingerprint density at radius 2 is 2.12 bits per heavy atom. The van der Waals surface area contributed by atoms with Crippen molar-refractivity contribution in [3.63, 3.8) is 0 Å². The summed E-state index contributed by atoms with van der Waals surface area (Å²) in [7, 11) is 1.74. The van der Waals surface area contributed by atoms with Gasteiger partial charge in [-0.05, 0) is 37.7 Å². The molecule has 0 aliphatic rings. The summed E-state index contributed by atoms with van der Waals surface area (Å²) in [4.78, 5) is 27.7. The zero-order chi connectivity index (χ0) is 18.6. The Morgan fingerprint density at radius 1 is 1.40 bits per heavy atom. The number of anilines is 1. The van der Waals surface area contributed by atoms with Crippen molar-refractivity contribution >= 4 is 29.3 Å². The smallest absolute Gasteiger partial charge is 0.341 e. The average Bonchev–Trinajstić information content (AvgIpc) is 2.79. The van der Waals surface area contributed by atoms with E-state index >= 15 is 0 Å². The number of carbonyl (C=O) groups excluding carboxylic acids is 2. The molecule has 0 saturated heterocycles. The molecule has 7 nitrogen and oxygen atoms in total. The van der Waals surface area contributed by atoms with Gasteiger partial charge in [0.2, 0.25) is 0 Å². The number of aryl methyl sites for hydroxylation is 2. The molecule has 0 aliphatic carbocycles. The SMILES string of the molecule is Cc1nn(C)c(C)c1NC(=O)COC(=O)c1cccnc1SC(F)F. The number of pyridine rings is 1. The van der Waals surface area contributed by atoms with Crippen LogP contribution in [0.2, 0.25) is 0 Å². The first-order chi connectivity index (χ1) is 11.8. The fourth-order valence-electron chi connectivity index (χ4n) is 2.06. The van der Waals surface area contributed by atoms with Gasteiger partial charge in [0.15, 0.2) is 6.61 Å². The first-order valence-corrected chi connectivity index (χ1v) is 8.04. The minimum atomic E-state index is -2.72. The first-order valence-electron chi connectivity index (χ1n) is 7.16. The molecule has 0 unspecified atom stereocenters. The van der Waals surface area contributed by atoms with Gasteiger partial charge in [-0.2, -0.15) is 13.9 Å². The van der Waals surface area contributed by atoms with E-state index in [9.17, 15) is 18.4 Å². The lowest BCUT2D eigenvalue weighted by Gasteiger charge is -2.09. The molecule has 0 aliphatic heterocycles. The van der Waals surface area contributed by atoms with Gasteiger partial charge in [-0.1, -0.05) is 0 Å².